The van der Waals surface area contributed by atoms with Crippen molar-refractivity contribution in [1.29, 1.82) is 0 Å². The van der Waals surface area contributed by atoms with Crippen LogP contribution in [0.1, 0.15) is 27.7 Å². The van der Waals surface area contributed by atoms with E-state index in [4.69, 9.17) is 13.7 Å². The molecule has 5 heteroatoms. The van der Waals surface area contributed by atoms with E-state index in [1.165, 1.54) is 10.8 Å². The van der Waals surface area contributed by atoms with E-state index in [9.17, 15) is 0 Å². The third kappa shape index (κ3) is 3.69. The zero-order chi connectivity index (χ0) is 27.9. The Morgan fingerprint density at radius 3 is 2.02 bits per heavy atom. The Bertz CT molecular complexity index is 2100. The normalized spacial score (nSPS) is 16.4. The number of aromatic nitrogens is 1. The van der Waals surface area contributed by atoms with E-state index in [-0.39, 0.29) is 11.2 Å². The molecule has 0 unspecified atom stereocenters. The molecule has 1 saturated heterocycles. The van der Waals surface area contributed by atoms with E-state index in [1.807, 2.05) is 12.1 Å². The standard InChI is InChI=1S/C36H30BNO3/c1-35(2)36(3,4)41-37(40-35)25-16-18-31-29(22-25)27-17-14-24(21-32(27)38(31)26-10-6-5-7-11-26)23-15-19-34-30(20-23)28-12-8-9-13-33(28)39-34/h5-22H,1-4H3. The summed E-state index contributed by atoms with van der Waals surface area (Å²) in [7, 11) is -0.407. The monoisotopic (exact) mass is 535 g/mol. The molecular weight excluding hydrogens is 505 g/mol. The molecule has 8 rings (SSSR count). The lowest BCUT2D eigenvalue weighted by atomic mass is 9.78. The molecule has 0 N–H and O–H groups in total. The van der Waals surface area contributed by atoms with Crippen LogP contribution in [-0.4, -0.2) is 22.9 Å². The summed E-state index contributed by atoms with van der Waals surface area (Å²) >= 11 is 0. The highest BCUT2D eigenvalue weighted by molar-refractivity contribution is 6.62. The van der Waals surface area contributed by atoms with Crippen LogP contribution >= 0.6 is 0 Å². The van der Waals surface area contributed by atoms with Crippen LogP contribution < -0.4 is 5.46 Å². The SMILES string of the molecule is CC1(C)OB(c2ccc3c(c2)c2ccc(-c4ccc5oc6ccccc6c5c4)cc2n3-c2ccccc2)OC1(C)C. The van der Waals surface area contributed by atoms with E-state index in [2.05, 4.69) is 129 Å². The van der Waals surface area contributed by atoms with Crippen LogP contribution in [0.3, 0.4) is 0 Å². The van der Waals surface area contributed by atoms with Crippen LogP contribution in [-0.2, 0) is 9.31 Å². The lowest BCUT2D eigenvalue weighted by Crippen LogP contribution is -2.41. The Balaban J connectivity index is 1.32. The van der Waals surface area contributed by atoms with Gasteiger partial charge in [-0.1, -0.05) is 66.7 Å². The minimum absolute atomic E-state index is 0.388. The lowest BCUT2D eigenvalue weighted by molar-refractivity contribution is 0.00578. The fourth-order valence-corrected chi connectivity index (χ4v) is 6.10. The molecule has 0 atom stereocenters. The first-order valence-corrected chi connectivity index (χ1v) is 14.2. The summed E-state index contributed by atoms with van der Waals surface area (Å²) in [4.78, 5) is 0. The first kappa shape index (κ1) is 24.5. The highest BCUT2D eigenvalue weighted by Crippen LogP contribution is 2.39. The maximum Gasteiger partial charge on any atom is 0.494 e. The van der Waals surface area contributed by atoms with Crippen molar-refractivity contribution in [2.45, 2.75) is 38.9 Å². The Morgan fingerprint density at radius 2 is 1.22 bits per heavy atom. The number of fused-ring (bicyclic) bond motifs is 6. The number of benzene rings is 5. The van der Waals surface area contributed by atoms with Gasteiger partial charge < -0.3 is 18.3 Å². The molecular formula is C36H30BNO3. The average Bonchev–Trinajstić information content (AvgIpc) is 3.58. The van der Waals surface area contributed by atoms with Gasteiger partial charge in [0.05, 0.1) is 22.2 Å². The molecule has 3 heterocycles. The predicted octanol–water partition coefficient (Wildman–Crippen LogP) is 8.65. The number of nitrogens with zero attached hydrogens (tertiary/aromatic N) is 1. The maximum absolute atomic E-state index is 6.40. The molecule has 41 heavy (non-hydrogen) atoms. The van der Waals surface area contributed by atoms with Gasteiger partial charge in [-0.3, -0.25) is 0 Å². The van der Waals surface area contributed by atoms with Crippen molar-refractivity contribution >= 4 is 56.3 Å². The Labute approximate surface area is 239 Å². The zero-order valence-electron chi connectivity index (χ0n) is 23.6. The van der Waals surface area contributed by atoms with Crippen LogP contribution in [0.15, 0.2) is 114 Å². The van der Waals surface area contributed by atoms with E-state index in [0.717, 1.165) is 55.2 Å². The topological polar surface area (TPSA) is 36.5 Å². The van der Waals surface area contributed by atoms with Gasteiger partial charge in [0.25, 0.3) is 0 Å². The fourth-order valence-electron chi connectivity index (χ4n) is 6.10. The second-order valence-electron chi connectivity index (χ2n) is 12.1. The molecule has 0 spiro atoms. The summed E-state index contributed by atoms with van der Waals surface area (Å²) in [5.41, 5.74) is 7.84. The summed E-state index contributed by atoms with van der Waals surface area (Å²) in [6.07, 6.45) is 0. The second kappa shape index (κ2) is 8.59. The van der Waals surface area contributed by atoms with Crippen molar-refractivity contribution < 1.29 is 13.7 Å². The summed E-state index contributed by atoms with van der Waals surface area (Å²) in [5, 5.41) is 4.65. The number of rotatable bonds is 3. The number of furan rings is 1. The Hall–Kier alpha value is -4.32. The minimum atomic E-state index is -0.407. The van der Waals surface area contributed by atoms with Crippen molar-refractivity contribution in [3.63, 3.8) is 0 Å². The van der Waals surface area contributed by atoms with Gasteiger partial charge in [-0.25, -0.2) is 0 Å². The van der Waals surface area contributed by atoms with Gasteiger partial charge in [-0.05, 0) is 86.7 Å². The van der Waals surface area contributed by atoms with Crippen LogP contribution in [0.4, 0.5) is 0 Å². The second-order valence-corrected chi connectivity index (χ2v) is 12.1. The molecule has 7 aromatic rings. The largest absolute Gasteiger partial charge is 0.494 e. The van der Waals surface area contributed by atoms with Crippen LogP contribution in [0.5, 0.6) is 0 Å². The summed E-state index contributed by atoms with van der Waals surface area (Å²) in [6.45, 7) is 8.38. The van der Waals surface area contributed by atoms with Gasteiger partial charge in [-0.15, -0.1) is 0 Å². The molecule has 1 fully saturated rings. The molecule has 4 nitrogen and oxygen atoms in total. The summed E-state index contributed by atoms with van der Waals surface area (Å²) in [5.74, 6) is 0. The van der Waals surface area contributed by atoms with Crippen LogP contribution in [0.2, 0.25) is 0 Å². The Morgan fingerprint density at radius 1 is 0.537 bits per heavy atom. The van der Waals surface area contributed by atoms with Crippen LogP contribution in [0.25, 0.3) is 60.6 Å². The van der Waals surface area contributed by atoms with E-state index in [1.54, 1.807) is 0 Å². The highest BCUT2D eigenvalue weighted by Gasteiger charge is 2.51. The first-order chi connectivity index (χ1) is 19.8. The molecule has 1 aliphatic heterocycles. The van der Waals surface area contributed by atoms with Crippen molar-refractivity contribution in [1.82, 2.24) is 4.57 Å². The van der Waals surface area contributed by atoms with Crippen molar-refractivity contribution in [2.24, 2.45) is 0 Å². The number of hydrogen-bond acceptors (Lipinski definition) is 3. The zero-order valence-corrected chi connectivity index (χ0v) is 23.6. The van der Waals surface area contributed by atoms with Gasteiger partial charge in [0.1, 0.15) is 11.2 Å². The van der Waals surface area contributed by atoms with Crippen LogP contribution in [0, 0.1) is 0 Å². The first-order valence-electron chi connectivity index (χ1n) is 14.2. The molecule has 200 valence electrons. The molecule has 0 amide bonds. The third-order valence-electron chi connectivity index (χ3n) is 9.04. The third-order valence-corrected chi connectivity index (χ3v) is 9.04. The van der Waals surface area contributed by atoms with Gasteiger partial charge in [0, 0.05) is 27.2 Å². The molecule has 5 aromatic carbocycles. The summed E-state index contributed by atoms with van der Waals surface area (Å²) in [6, 6.07) is 38.6. The quantitative estimate of drug-likeness (QED) is 0.213. The van der Waals surface area contributed by atoms with Gasteiger partial charge in [-0.2, -0.15) is 0 Å². The van der Waals surface area contributed by atoms with E-state index in [0.29, 0.717) is 0 Å². The molecule has 2 aromatic heterocycles. The Kier molecular flexibility index (Phi) is 5.13. The number of para-hydroxylation sites is 2. The van der Waals surface area contributed by atoms with E-state index < -0.39 is 7.12 Å². The van der Waals surface area contributed by atoms with Crippen molar-refractivity contribution in [3.8, 4) is 16.8 Å². The highest BCUT2D eigenvalue weighted by atomic mass is 16.7. The molecule has 0 aliphatic carbocycles. The maximum atomic E-state index is 6.40. The predicted molar refractivity (Wildman–Crippen MR) is 169 cm³/mol. The molecule has 0 bridgehead atoms. The van der Waals surface area contributed by atoms with Gasteiger partial charge >= 0.3 is 7.12 Å². The average molecular weight is 535 g/mol. The van der Waals surface area contributed by atoms with Crippen molar-refractivity contribution in [3.05, 3.63) is 109 Å². The molecule has 1 aliphatic rings. The molecule has 0 saturated carbocycles. The van der Waals surface area contributed by atoms with E-state index >= 15 is 0 Å². The summed E-state index contributed by atoms with van der Waals surface area (Å²) < 4.78 is 21.2. The minimum Gasteiger partial charge on any atom is -0.456 e. The van der Waals surface area contributed by atoms with Gasteiger partial charge in [0.15, 0.2) is 0 Å². The smallest absolute Gasteiger partial charge is 0.456 e. The fraction of sp³-hybridized carbons (Fsp3) is 0.167. The van der Waals surface area contributed by atoms with Gasteiger partial charge in [0.2, 0.25) is 0 Å². The van der Waals surface area contributed by atoms with Crippen molar-refractivity contribution in [2.75, 3.05) is 0 Å². The molecule has 0 radical (unpaired) electrons. The number of hydrogen-bond donors (Lipinski definition) is 0. The lowest BCUT2D eigenvalue weighted by Gasteiger charge is -2.32.